The molecule has 0 aromatic carbocycles. The smallest absolute Gasteiger partial charge is 0.0897 e. The number of aromatic nitrogens is 1. The van der Waals surface area contributed by atoms with Crippen molar-refractivity contribution >= 4 is 11.3 Å². The van der Waals surface area contributed by atoms with Crippen LogP contribution in [0.1, 0.15) is 24.5 Å². The molecule has 0 saturated heterocycles. The lowest BCUT2D eigenvalue weighted by atomic mass is 10.6. The van der Waals surface area contributed by atoms with Crippen molar-refractivity contribution in [3.8, 4) is 0 Å². The first-order valence-electron chi connectivity index (χ1n) is 3.75. The maximum atomic E-state index is 4.50. The van der Waals surface area contributed by atoms with Gasteiger partial charge in [0, 0.05) is 11.1 Å². The topological polar surface area (TPSA) is 38.9 Å². The molecule has 0 amide bonds. The lowest BCUT2D eigenvalue weighted by Crippen LogP contribution is -1.69. The zero-order valence-corrected chi connectivity index (χ0v) is 8.83. The molecule has 0 atom stereocenters. The molecule has 0 spiro atoms. The van der Waals surface area contributed by atoms with Gasteiger partial charge in [0.2, 0.25) is 0 Å². The van der Waals surface area contributed by atoms with Crippen molar-refractivity contribution in [3.63, 3.8) is 0 Å². The van der Waals surface area contributed by atoms with Crippen molar-refractivity contribution < 1.29 is 0 Å². The average molecular weight is 174 g/mol. The van der Waals surface area contributed by atoms with Crippen molar-refractivity contribution in [2.45, 2.75) is 27.7 Å². The van der Waals surface area contributed by atoms with Gasteiger partial charge < -0.3 is 5.73 Å². The van der Waals surface area contributed by atoms with Crippen LogP contribution in [0.25, 0.3) is 0 Å². The zero-order chi connectivity index (χ0) is 9.28. The van der Waals surface area contributed by atoms with Gasteiger partial charge in [0.25, 0.3) is 0 Å². The monoisotopic (exact) mass is 174 g/mol. The lowest BCUT2D eigenvalue weighted by molar-refractivity contribution is 1.20. The van der Waals surface area contributed by atoms with E-state index in [1.165, 1.54) is 7.05 Å². The van der Waals surface area contributed by atoms with Crippen LogP contribution < -0.4 is 5.73 Å². The largest absolute Gasteiger partial charge is 0.333 e. The van der Waals surface area contributed by atoms with Crippen LogP contribution in [0.4, 0.5) is 0 Å². The summed E-state index contributed by atoms with van der Waals surface area (Å²) in [6.07, 6.45) is 0. The van der Waals surface area contributed by atoms with Gasteiger partial charge in [-0.1, -0.05) is 13.8 Å². The van der Waals surface area contributed by atoms with Gasteiger partial charge >= 0.3 is 0 Å². The molecule has 0 unspecified atom stereocenters. The van der Waals surface area contributed by atoms with Crippen LogP contribution in [-0.2, 0) is 0 Å². The molecule has 1 aromatic rings. The van der Waals surface area contributed by atoms with Gasteiger partial charge in [0.05, 0.1) is 5.01 Å². The second-order valence-electron chi connectivity index (χ2n) is 1.51. The predicted molar refractivity (Wildman–Crippen MR) is 53.0 cm³/mol. The molecule has 2 nitrogen and oxygen atoms in total. The summed E-state index contributed by atoms with van der Waals surface area (Å²) in [5, 5.41) is 3.20. The normalized spacial score (nSPS) is 7.09. The van der Waals surface area contributed by atoms with Crippen LogP contribution in [0, 0.1) is 13.8 Å². The Kier molecular flexibility index (Phi) is 11.5. The average Bonchev–Trinajstić information content (AvgIpc) is 2.43. The summed E-state index contributed by atoms with van der Waals surface area (Å²) >= 11 is 1.69. The Balaban J connectivity index is 0. The van der Waals surface area contributed by atoms with Gasteiger partial charge in [0.15, 0.2) is 0 Å². The standard InChI is InChI=1S/C5H7NS.C2H6.CH5N/c1-4-3-7-5(2)6-4;2*1-2/h3H,1-2H3;1-2H3;2H2,1H3. The minimum Gasteiger partial charge on any atom is -0.333 e. The van der Waals surface area contributed by atoms with Crippen LogP contribution in [-0.4, -0.2) is 12.0 Å². The fraction of sp³-hybridized carbons (Fsp3) is 0.625. The van der Waals surface area contributed by atoms with E-state index in [1.807, 2.05) is 27.7 Å². The predicted octanol–water partition coefficient (Wildman–Crippen LogP) is 2.36. The number of hydrogen-bond donors (Lipinski definition) is 1. The summed E-state index contributed by atoms with van der Waals surface area (Å²) in [5.74, 6) is 0. The number of aryl methyl sites for hydroxylation is 2. The van der Waals surface area contributed by atoms with Crippen LogP contribution >= 0.6 is 11.3 Å². The van der Waals surface area contributed by atoms with E-state index in [2.05, 4.69) is 16.1 Å². The summed E-state index contributed by atoms with van der Waals surface area (Å²) in [4.78, 5) is 4.13. The minimum atomic E-state index is 1.13. The molecule has 66 valence electrons. The van der Waals surface area contributed by atoms with Gasteiger partial charge in [-0.05, 0) is 20.9 Å². The highest BCUT2D eigenvalue weighted by Crippen LogP contribution is 2.04. The third kappa shape index (κ3) is 7.49. The van der Waals surface area contributed by atoms with Gasteiger partial charge in [-0.15, -0.1) is 11.3 Å². The molecular formula is C8H18N2S. The van der Waals surface area contributed by atoms with Crippen molar-refractivity contribution in [1.82, 2.24) is 4.98 Å². The van der Waals surface area contributed by atoms with E-state index in [0.29, 0.717) is 0 Å². The van der Waals surface area contributed by atoms with Crippen molar-refractivity contribution in [1.29, 1.82) is 0 Å². The van der Waals surface area contributed by atoms with E-state index < -0.39 is 0 Å². The molecule has 2 N–H and O–H groups in total. The highest BCUT2D eigenvalue weighted by molar-refractivity contribution is 7.09. The Bertz CT molecular complexity index is 144. The third-order valence-corrected chi connectivity index (χ3v) is 1.63. The summed E-state index contributed by atoms with van der Waals surface area (Å²) in [7, 11) is 1.50. The number of nitrogens with two attached hydrogens (primary N) is 1. The Morgan fingerprint density at radius 2 is 1.73 bits per heavy atom. The molecule has 1 heterocycles. The molecule has 0 aliphatic carbocycles. The van der Waals surface area contributed by atoms with Gasteiger partial charge in [-0.3, -0.25) is 0 Å². The van der Waals surface area contributed by atoms with Crippen molar-refractivity contribution in [2.75, 3.05) is 7.05 Å². The Hall–Kier alpha value is -0.410. The van der Waals surface area contributed by atoms with Crippen LogP contribution in [0.5, 0.6) is 0 Å². The van der Waals surface area contributed by atoms with Crippen molar-refractivity contribution in [2.24, 2.45) is 5.73 Å². The molecule has 0 aliphatic heterocycles. The summed E-state index contributed by atoms with van der Waals surface area (Å²) in [6.45, 7) is 8.02. The molecule has 0 fully saturated rings. The second-order valence-corrected chi connectivity index (χ2v) is 2.57. The van der Waals surface area contributed by atoms with Gasteiger partial charge in [-0.25, -0.2) is 4.98 Å². The molecule has 1 rings (SSSR count). The van der Waals surface area contributed by atoms with E-state index in [1.54, 1.807) is 11.3 Å². The van der Waals surface area contributed by atoms with Crippen LogP contribution in [0.3, 0.4) is 0 Å². The minimum absolute atomic E-state index is 1.13. The van der Waals surface area contributed by atoms with E-state index in [4.69, 9.17) is 0 Å². The Morgan fingerprint density at radius 3 is 1.82 bits per heavy atom. The van der Waals surface area contributed by atoms with Gasteiger partial charge in [0.1, 0.15) is 0 Å². The number of rotatable bonds is 0. The number of nitrogens with zero attached hydrogens (tertiary/aromatic N) is 1. The Morgan fingerprint density at radius 1 is 1.27 bits per heavy atom. The first-order valence-corrected chi connectivity index (χ1v) is 4.63. The maximum Gasteiger partial charge on any atom is 0.0897 e. The lowest BCUT2D eigenvalue weighted by Gasteiger charge is -1.71. The fourth-order valence-corrected chi connectivity index (χ4v) is 1.06. The summed E-state index contributed by atoms with van der Waals surface area (Å²) in [5.41, 5.74) is 5.63. The highest BCUT2D eigenvalue weighted by atomic mass is 32.1. The zero-order valence-electron chi connectivity index (χ0n) is 8.01. The molecular weight excluding hydrogens is 156 g/mol. The first kappa shape index (κ1) is 13.2. The van der Waals surface area contributed by atoms with E-state index in [9.17, 15) is 0 Å². The number of hydrogen-bond acceptors (Lipinski definition) is 3. The highest BCUT2D eigenvalue weighted by Gasteiger charge is 1.85. The quantitative estimate of drug-likeness (QED) is 0.656. The third-order valence-electron chi connectivity index (χ3n) is 0.734. The summed E-state index contributed by atoms with van der Waals surface area (Å²) < 4.78 is 0. The molecule has 11 heavy (non-hydrogen) atoms. The molecule has 0 aliphatic rings. The first-order chi connectivity index (χ1) is 5.29. The van der Waals surface area contributed by atoms with E-state index >= 15 is 0 Å². The molecule has 0 bridgehead atoms. The molecule has 0 saturated carbocycles. The van der Waals surface area contributed by atoms with Gasteiger partial charge in [-0.2, -0.15) is 0 Å². The van der Waals surface area contributed by atoms with E-state index in [0.717, 1.165) is 10.7 Å². The molecule has 3 heteroatoms. The van der Waals surface area contributed by atoms with E-state index in [-0.39, 0.29) is 0 Å². The van der Waals surface area contributed by atoms with Crippen LogP contribution in [0.2, 0.25) is 0 Å². The van der Waals surface area contributed by atoms with Crippen molar-refractivity contribution in [3.05, 3.63) is 16.1 Å². The molecule has 1 aromatic heterocycles. The Labute approximate surface area is 73.5 Å². The maximum absolute atomic E-state index is 4.50. The SMILES string of the molecule is CC.CN.Cc1csc(C)n1. The fourth-order valence-electron chi connectivity index (χ4n) is 0.472. The van der Waals surface area contributed by atoms with Crippen LogP contribution in [0.15, 0.2) is 5.38 Å². The second kappa shape index (κ2) is 9.59. The molecule has 0 radical (unpaired) electrons. The summed E-state index contributed by atoms with van der Waals surface area (Å²) in [6, 6.07) is 0. The number of thiazole rings is 1.